The van der Waals surface area contributed by atoms with Gasteiger partial charge in [-0.2, -0.15) is 0 Å². The van der Waals surface area contributed by atoms with Crippen LogP contribution in [0.4, 0.5) is 5.69 Å². The summed E-state index contributed by atoms with van der Waals surface area (Å²) in [6.45, 7) is 0.623. The summed E-state index contributed by atoms with van der Waals surface area (Å²) < 4.78 is 0. The van der Waals surface area contributed by atoms with Crippen molar-refractivity contribution in [2.75, 3.05) is 12.3 Å². The van der Waals surface area contributed by atoms with E-state index in [2.05, 4.69) is 5.32 Å². The number of aliphatic hydroxyl groups excluding tert-OH is 1. The van der Waals surface area contributed by atoms with Crippen LogP contribution in [0, 0.1) is 5.92 Å². The van der Waals surface area contributed by atoms with E-state index in [0.29, 0.717) is 28.7 Å². The maximum absolute atomic E-state index is 12.0. The summed E-state index contributed by atoms with van der Waals surface area (Å²) >= 11 is 5.86. The van der Waals surface area contributed by atoms with E-state index in [4.69, 9.17) is 17.3 Å². The number of carbonyl (C=O) groups is 1. The van der Waals surface area contributed by atoms with Gasteiger partial charge in [-0.15, -0.1) is 0 Å². The summed E-state index contributed by atoms with van der Waals surface area (Å²) in [5, 5.41) is 12.8. The van der Waals surface area contributed by atoms with Crippen LogP contribution in [0.1, 0.15) is 36.0 Å². The molecule has 104 valence electrons. The molecule has 0 spiro atoms. The van der Waals surface area contributed by atoms with Crippen LogP contribution in [0.3, 0.4) is 0 Å². The minimum Gasteiger partial charge on any atom is -0.398 e. The lowest BCUT2D eigenvalue weighted by atomic mass is 9.87. The summed E-state index contributed by atoms with van der Waals surface area (Å²) in [5.41, 5.74) is 6.62. The van der Waals surface area contributed by atoms with Gasteiger partial charge in [-0.25, -0.2) is 0 Å². The molecule has 0 aliphatic heterocycles. The van der Waals surface area contributed by atoms with Crippen molar-refractivity contribution in [2.45, 2.75) is 31.8 Å². The molecule has 1 aromatic carbocycles. The first-order chi connectivity index (χ1) is 9.06. The van der Waals surface area contributed by atoms with E-state index in [9.17, 15) is 9.90 Å². The summed E-state index contributed by atoms with van der Waals surface area (Å²) in [7, 11) is 0. The van der Waals surface area contributed by atoms with Crippen molar-refractivity contribution in [1.82, 2.24) is 5.32 Å². The Bertz CT molecular complexity index is 457. The zero-order chi connectivity index (χ0) is 13.8. The van der Waals surface area contributed by atoms with E-state index in [0.717, 1.165) is 25.7 Å². The summed E-state index contributed by atoms with van der Waals surface area (Å²) in [6, 6.07) is 4.88. The largest absolute Gasteiger partial charge is 0.398 e. The van der Waals surface area contributed by atoms with Crippen LogP contribution in [0.5, 0.6) is 0 Å². The third-order valence-electron chi connectivity index (χ3n) is 3.63. The lowest BCUT2D eigenvalue weighted by molar-refractivity contribution is 0.0911. The number of amides is 1. The Hall–Kier alpha value is -1.26. The highest BCUT2D eigenvalue weighted by molar-refractivity contribution is 6.31. The number of aliphatic hydroxyl groups is 1. The Morgan fingerprint density at radius 3 is 2.74 bits per heavy atom. The number of nitrogens with one attached hydrogen (secondary N) is 1. The molecule has 1 amide bonds. The van der Waals surface area contributed by atoms with Crippen molar-refractivity contribution in [2.24, 2.45) is 5.92 Å². The predicted octanol–water partition coefficient (Wildman–Crippen LogP) is 2.20. The monoisotopic (exact) mass is 282 g/mol. The Kier molecular flexibility index (Phi) is 4.66. The maximum atomic E-state index is 12.0. The molecule has 1 aromatic rings. The first kappa shape index (κ1) is 14.2. The summed E-state index contributed by atoms with van der Waals surface area (Å²) in [4.78, 5) is 12.0. The van der Waals surface area contributed by atoms with Crippen molar-refractivity contribution in [3.63, 3.8) is 0 Å². The van der Waals surface area contributed by atoms with Gasteiger partial charge in [-0.1, -0.05) is 11.6 Å². The van der Waals surface area contributed by atoms with E-state index in [1.165, 1.54) is 0 Å². The average Bonchev–Trinajstić information content (AvgIpc) is 2.40. The van der Waals surface area contributed by atoms with Crippen LogP contribution < -0.4 is 11.1 Å². The van der Waals surface area contributed by atoms with Crippen molar-refractivity contribution >= 4 is 23.2 Å². The van der Waals surface area contributed by atoms with Gasteiger partial charge in [-0.05, 0) is 49.8 Å². The molecule has 0 saturated heterocycles. The standard InChI is InChI=1S/C14H19ClN2O2/c15-10-3-6-13(16)12(7-10)14(19)17-8-9-1-4-11(18)5-2-9/h3,6-7,9,11,18H,1-2,4-5,8,16H2,(H,17,19). The number of anilines is 1. The highest BCUT2D eigenvalue weighted by Gasteiger charge is 2.20. The average molecular weight is 283 g/mol. The molecule has 1 aliphatic carbocycles. The molecule has 4 nitrogen and oxygen atoms in total. The molecule has 0 atom stereocenters. The minimum atomic E-state index is -0.189. The van der Waals surface area contributed by atoms with Crippen LogP contribution in [-0.4, -0.2) is 23.7 Å². The minimum absolute atomic E-state index is 0.171. The predicted molar refractivity (Wildman–Crippen MR) is 76.2 cm³/mol. The molecule has 19 heavy (non-hydrogen) atoms. The molecule has 0 unspecified atom stereocenters. The molecule has 0 radical (unpaired) electrons. The lowest BCUT2D eigenvalue weighted by Crippen LogP contribution is -2.32. The molecular formula is C14H19ClN2O2. The van der Waals surface area contributed by atoms with E-state index < -0.39 is 0 Å². The fourth-order valence-corrected chi connectivity index (χ4v) is 2.58. The number of rotatable bonds is 3. The molecule has 0 aromatic heterocycles. The number of hydrogen-bond acceptors (Lipinski definition) is 3. The fourth-order valence-electron chi connectivity index (χ4n) is 2.41. The van der Waals surface area contributed by atoms with Gasteiger partial charge in [0.25, 0.3) is 5.91 Å². The highest BCUT2D eigenvalue weighted by Crippen LogP contribution is 2.24. The van der Waals surface area contributed by atoms with Gasteiger partial charge in [-0.3, -0.25) is 4.79 Å². The van der Waals surface area contributed by atoms with Crippen molar-refractivity contribution in [3.8, 4) is 0 Å². The van der Waals surface area contributed by atoms with Crippen molar-refractivity contribution in [1.29, 1.82) is 0 Å². The number of carbonyl (C=O) groups excluding carboxylic acids is 1. The number of benzene rings is 1. The second-order valence-electron chi connectivity index (χ2n) is 5.12. The number of nitrogens with two attached hydrogens (primary N) is 1. The summed E-state index contributed by atoms with van der Waals surface area (Å²) in [5.74, 6) is 0.249. The van der Waals surface area contributed by atoms with Crippen LogP contribution in [-0.2, 0) is 0 Å². The molecule has 1 saturated carbocycles. The Morgan fingerprint density at radius 2 is 2.05 bits per heavy atom. The molecular weight excluding hydrogens is 264 g/mol. The Labute approximate surface area is 117 Å². The van der Waals surface area contributed by atoms with Crippen molar-refractivity contribution in [3.05, 3.63) is 28.8 Å². The zero-order valence-electron chi connectivity index (χ0n) is 10.7. The summed E-state index contributed by atoms with van der Waals surface area (Å²) in [6.07, 6.45) is 3.37. The SMILES string of the molecule is Nc1ccc(Cl)cc1C(=O)NCC1CCC(O)CC1. The van der Waals surface area contributed by atoms with Crippen LogP contribution >= 0.6 is 11.6 Å². The second-order valence-corrected chi connectivity index (χ2v) is 5.55. The van der Waals surface area contributed by atoms with E-state index in [1.807, 2.05) is 0 Å². The second kappa shape index (κ2) is 6.26. The maximum Gasteiger partial charge on any atom is 0.253 e. The van der Waals surface area contributed by atoms with Gasteiger partial charge in [0.2, 0.25) is 0 Å². The van der Waals surface area contributed by atoms with Crippen LogP contribution in [0.2, 0.25) is 5.02 Å². The molecule has 0 bridgehead atoms. The smallest absolute Gasteiger partial charge is 0.253 e. The highest BCUT2D eigenvalue weighted by atomic mass is 35.5. The quantitative estimate of drug-likeness (QED) is 0.744. The number of halogens is 1. The van der Waals surface area contributed by atoms with Crippen LogP contribution in [0.25, 0.3) is 0 Å². The normalized spacial score (nSPS) is 23.1. The zero-order valence-corrected chi connectivity index (χ0v) is 11.5. The van der Waals surface area contributed by atoms with Gasteiger partial charge in [0.05, 0.1) is 11.7 Å². The van der Waals surface area contributed by atoms with Crippen LogP contribution in [0.15, 0.2) is 18.2 Å². The first-order valence-electron chi connectivity index (χ1n) is 6.57. The van der Waals surface area contributed by atoms with Gasteiger partial charge in [0.15, 0.2) is 0 Å². The molecule has 1 fully saturated rings. The van der Waals surface area contributed by atoms with E-state index in [1.54, 1.807) is 18.2 Å². The Balaban J connectivity index is 1.89. The molecule has 2 rings (SSSR count). The fraction of sp³-hybridized carbons (Fsp3) is 0.500. The third kappa shape index (κ3) is 3.85. The molecule has 5 heteroatoms. The van der Waals surface area contributed by atoms with Crippen molar-refractivity contribution < 1.29 is 9.90 Å². The van der Waals surface area contributed by atoms with Gasteiger partial charge in [0, 0.05) is 17.3 Å². The molecule has 1 aliphatic rings. The Morgan fingerprint density at radius 1 is 1.37 bits per heavy atom. The van der Waals surface area contributed by atoms with Gasteiger partial charge in [0.1, 0.15) is 0 Å². The van der Waals surface area contributed by atoms with E-state index >= 15 is 0 Å². The van der Waals surface area contributed by atoms with E-state index in [-0.39, 0.29) is 12.0 Å². The number of nitrogen functional groups attached to an aromatic ring is 1. The third-order valence-corrected chi connectivity index (χ3v) is 3.86. The molecule has 4 N–H and O–H groups in total. The first-order valence-corrected chi connectivity index (χ1v) is 6.95. The number of hydrogen-bond donors (Lipinski definition) is 3. The topological polar surface area (TPSA) is 75.4 Å². The molecule has 0 heterocycles. The van der Waals surface area contributed by atoms with Gasteiger partial charge >= 0.3 is 0 Å². The van der Waals surface area contributed by atoms with Gasteiger partial charge < -0.3 is 16.2 Å². The lowest BCUT2D eigenvalue weighted by Gasteiger charge is -2.25.